The Morgan fingerprint density at radius 2 is 2.05 bits per heavy atom. The third-order valence-electron chi connectivity index (χ3n) is 2.90. The topological polar surface area (TPSA) is 55.2 Å². The predicted molar refractivity (Wildman–Crippen MR) is 76.0 cm³/mol. The monoisotopic (exact) mass is 353 g/mol. The van der Waals surface area contributed by atoms with Crippen molar-refractivity contribution in [2.45, 2.75) is 30.4 Å². The minimum atomic E-state index is -4.39. The van der Waals surface area contributed by atoms with Gasteiger partial charge >= 0.3 is 6.18 Å². The summed E-state index contributed by atoms with van der Waals surface area (Å²) in [5.41, 5.74) is 0. The smallest absolute Gasteiger partial charge is 0.325 e. The van der Waals surface area contributed by atoms with Crippen LogP contribution in [0.1, 0.15) is 10.7 Å². The van der Waals surface area contributed by atoms with Crippen LogP contribution in [0.3, 0.4) is 0 Å². The normalized spacial score (nSPS) is 13.0. The summed E-state index contributed by atoms with van der Waals surface area (Å²) in [4.78, 5) is 4.65. The zero-order chi connectivity index (χ0) is 16.5. The Morgan fingerprint density at radius 3 is 2.59 bits per heavy atom. The third kappa shape index (κ3) is 3.87. The zero-order valence-corrected chi connectivity index (χ0v) is 13.5. The molecule has 0 unspecified atom stereocenters. The molecule has 0 aliphatic carbocycles. The molecule has 0 aromatic carbocycles. The highest BCUT2D eigenvalue weighted by Gasteiger charge is 2.30. The van der Waals surface area contributed by atoms with Crippen molar-refractivity contribution in [2.24, 2.45) is 0 Å². The summed E-state index contributed by atoms with van der Waals surface area (Å²) in [6.07, 6.45) is -1.99. The second-order valence-corrected chi connectivity index (χ2v) is 8.27. The van der Waals surface area contributed by atoms with Gasteiger partial charge in [-0.25, -0.2) is 13.4 Å². The van der Waals surface area contributed by atoms with Gasteiger partial charge in [-0.15, -0.1) is 11.3 Å². The Labute approximate surface area is 130 Å². The van der Waals surface area contributed by atoms with Crippen LogP contribution < -0.4 is 0 Å². The quantitative estimate of drug-likeness (QED) is 0.830. The standard InChI is InChI=1S/C12H14F3N3O2S2/c1-9-3-4-11(21-9)22(19,20)17(2)7-10-16-5-6-18(10)8-12(13,14)15/h3-6H,7-8H2,1-2H3. The number of hydrogen-bond acceptors (Lipinski definition) is 4. The van der Waals surface area contributed by atoms with Gasteiger partial charge in [0, 0.05) is 24.3 Å². The van der Waals surface area contributed by atoms with Crippen molar-refractivity contribution >= 4 is 21.4 Å². The maximum atomic E-state index is 12.5. The van der Waals surface area contributed by atoms with E-state index in [0.717, 1.165) is 25.1 Å². The summed E-state index contributed by atoms with van der Waals surface area (Å²) >= 11 is 1.11. The average molecular weight is 353 g/mol. The van der Waals surface area contributed by atoms with E-state index >= 15 is 0 Å². The molecule has 0 aliphatic rings. The lowest BCUT2D eigenvalue weighted by Crippen LogP contribution is -2.28. The Hall–Kier alpha value is -1.39. The number of halogens is 3. The number of hydrogen-bond donors (Lipinski definition) is 0. The maximum Gasteiger partial charge on any atom is 0.406 e. The first kappa shape index (κ1) is 17.0. The SMILES string of the molecule is Cc1ccc(S(=O)(=O)N(C)Cc2nccn2CC(F)(F)F)s1. The highest BCUT2D eigenvalue weighted by molar-refractivity contribution is 7.91. The van der Waals surface area contributed by atoms with Gasteiger partial charge in [0.15, 0.2) is 0 Å². The number of alkyl halides is 3. The van der Waals surface area contributed by atoms with Crippen LogP contribution in [0.15, 0.2) is 28.7 Å². The number of thiophene rings is 1. The highest BCUT2D eigenvalue weighted by Crippen LogP contribution is 2.25. The lowest BCUT2D eigenvalue weighted by molar-refractivity contribution is -0.141. The van der Waals surface area contributed by atoms with Gasteiger partial charge in [-0.3, -0.25) is 0 Å². The minimum absolute atomic E-state index is 0.0386. The average Bonchev–Trinajstić information content (AvgIpc) is 2.97. The molecule has 0 amide bonds. The van der Waals surface area contributed by atoms with Crippen molar-refractivity contribution < 1.29 is 21.6 Å². The molecule has 0 atom stereocenters. The Bertz CT molecular complexity index is 750. The predicted octanol–water partition coefficient (Wildman–Crippen LogP) is 2.64. The molecular formula is C12H14F3N3O2S2. The molecule has 0 N–H and O–H groups in total. The van der Waals surface area contributed by atoms with Crippen LogP contribution in [0.5, 0.6) is 0 Å². The number of nitrogens with zero attached hydrogens (tertiary/aromatic N) is 3. The number of rotatable bonds is 5. The first-order valence-corrected chi connectivity index (χ1v) is 8.45. The van der Waals surface area contributed by atoms with Gasteiger partial charge in [0.05, 0.1) is 6.54 Å². The van der Waals surface area contributed by atoms with Gasteiger partial charge in [0.1, 0.15) is 16.6 Å². The van der Waals surface area contributed by atoms with E-state index in [4.69, 9.17) is 0 Å². The number of sulfonamides is 1. The first-order chi connectivity index (χ1) is 10.1. The van der Waals surface area contributed by atoms with Gasteiger partial charge in [0.2, 0.25) is 0 Å². The Balaban J connectivity index is 2.19. The third-order valence-corrected chi connectivity index (χ3v) is 6.17. The summed E-state index contributed by atoms with van der Waals surface area (Å²) < 4.78 is 64.1. The van der Waals surface area contributed by atoms with E-state index in [0.29, 0.717) is 0 Å². The molecule has 0 fully saturated rings. The molecule has 2 aromatic heterocycles. The van der Waals surface area contributed by atoms with Crippen LogP contribution in [0, 0.1) is 6.92 Å². The molecule has 0 aliphatic heterocycles. The van der Waals surface area contributed by atoms with E-state index < -0.39 is 22.7 Å². The van der Waals surface area contributed by atoms with Gasteiger partial charge in [-0.1, -0.05) is 0 Å². The van der Waals surface area contributed by atoms with Gasteiger partial charge in [0.25, 0.3) is 10.0 Å². The fraction of sp³-hybridized carbons (Fsp3) is 0.417. The summed E-state index contributed by atoms with van der Waals surface area (Å²) in [6, 6.07) is 3.16. The number of imidazole rings is 1. The molecule has 2 aromatic rings. The van der Waals surface area contributed by atoms with E-state index in [-0.39, 0.29) is 16.6 Å². The van der Waals surface area contributed by atoms with Crippen LogP contribution in [0.4, 0.5) is 13.2 Å². The largest absolute Gasteiger partial charge is 0.406 e. The first-order valence-electron chi connectivity index (χ1n) is 6.19. The van der Waals surface area contributed by atoms with E-state index in [2.05, 4.69) is 4.98 Å². The number of aromatic nitrogens is 2. The molecule has 0 bridgehead atoms. The molecule has 10 heteroatoms. The molecule has 0 saturated heterocycles. The molecular weight excluding hydrogens is 339 g/mol. The molecule has 0 saturated carbocycles. The zero-order valence-electron chi connectivity index (χ0n) is 11.8. The van der Waals surface area contributed by atoms with Crippen LogP contribution in [0.2, 0.25) is 0 Å². The van der Waals surface area contributed by atoms with Crippen molar-refractivity contribution in [2.75, 3.05) is 7.05 Å². The van der Waals surface area contributed by atoms with Crippen molar-refractivity contribution in [1.29, 1.82) is 0 Å². The second kappa shape index (κ2) is 6.01. The van der Waals surface area contributed by atoms with Gasteiger partial charge in [-0.2, -0.15) is 17.5 Å². The van der Waals surface area contributed by atoms with Crippen LogP contribution in [-0.4, -0.2) is 35.5 Å². The highest BCUT2D eigenvalue weighted by atomic mass is 32.2. The van der Waals surface area contributed by atoms with Crippen molar-refractivity contribution in [3.8, 4) is 0 Å². The summed E-state index contributed by atoms with van der Waals surface area (Å²) in [5.74, 6) is 0.0386. The van der Waals surface area contributed by atoms with E-state index in [9.17, 15) is 21.6 Å². The summed E-state index contributed by atoms with van der Waals surface area (Å²) in [7, 11) is -2.42. The van der Waals surface area contributed by atoms with Crippen molar-refractivity contribution in [1.82, 2.24) is 13.9 Å². The molecule has 2 heterocycles. The molecule has 5 nitrogen and oxygen atoms in total. The van der Waals surface area contributed by atoms with Crippen molar-refractivity contribution in [3.05, 3.63) is 35.2 Å². The summed E-state index contributed by atoms with van der Waals surface area (Å²) in [6.45, 7) is 0.344. The van der Waals surface area contributed by atoms with Crippen molar-refractivity contribution in [3.63, 3.8) is 0 Å². The van der Waals surface area contributed by atoms with E-state index in [1.54, 1.807) is 13.0 Å². The molecule has 0 spiro atoms. The summed E-state index contributed by atoms with van der Waals surface area (Å²) in [5, 5.41) is 0. The van der Waals surface area contributed by atoms with E-state index in [1.165, 1.54) is 25.5 Å². The number of aryl methyl sites for hydroxylation is 1. The van der Waals surface area contributed by atoms with Gasteiger partial charge < -0.3 is 4.57 Å². The second-order valence-electron chi connectivity index (χ2n) is 4.71. The van der Waals surface area contributed by atoms with Crippen LogP contribution in [0.25, 0.3) is 0 Å². The van der Waals surface area contributed by atoms with E-state index in [1.807, 2.05) is 0 Å². The van der Waals surface area contributed by atoms with Crippen LogP contribution in [-0.2, 0) is 23.1 Å². The maximum absolute atomic E-state index is 12.5. The lowest BCUT2D eigenvalue weighted by Gasteiger charge is -2.17. The fourth-order valence-corrected chi connectivity index (χ4v) is 4.44. The lowest BCUT2D eigenvalue weighted by atomic mass is 10.5. The Morgan fingerprint density at radius 1 is 1.36 bits per heavy atom. The molecule has 22 heavy (non-hydrogen) atoms. The van der Waals surface area contributed by atoms with Crippen LogP contribution >= 0.6 is 11.3 Å². The van der Waals surface area contributed by atoms with Gasteiger partial charge in [-0.05, 0) is 19.1 Å². The molecule has 0 radical (unpaired) electrons. The fourth-order valence-electron chi connectivity index (χ4n) is 1.82. The molecule has 122 valence electrons. The molecule has 2 rings (SSSR count). The Kier molecular flexibility index (Phi) is 4.64. The minimum Gasteiger partial charge on any atom is -0.325 e.